The van der Waals surface area contributed by atoms with Gasteiger partial charge in [-0.1, -0.05) is 23.7 Å². The minimum atomic E-state index is 0.300. The summed E-state index contributed by atoms with van der Waals surface area (Å²) in [5.41, 5.74) is 4.63. The molecule has 0 aromatic heterocycles. The van der Waals surface area contributed by atoms with E-state index in [1.807, 2.05) is 31.2 Å². The Labute approximate surface area is 118 Å². The molecule has 2 aromatic rings. The Hall–Kier alpha value is -1.67. The van der Waals surface area contributed by atoms with Gasteiger partial charge in [-0.05, 0) is 60.7 Å². The summed E-state index contributed by atoms with van der Waals surface area (Å²) in [6, 6.07) is 12.0. The standard InChI is InChI=1S/C16H16ClNO/c1-10-2-4-12(9-15(10)17)18-16-7-3-11-8-13(19)5-6-14(11)16/h2,4-6,8-9,16,18-19H,3,7H2,1H3. The average Bonchev–Trinajstić information content (AvgIpc) is 2.76. The zero-order valence-corrected chi connectivity index (χ0v) is 11.5. The third kappa shape index (κ3) is 2.41. The molecule has 0 spiro atoms. The lowest BCUT2D eigenvalue weighted by Gasteiger charge is -2.16. The number of hydrogen-bond acceptors (Lipinski definition) is 2. The van der Waals surface area contributed by atoms with Crippen LogP contribution in [0.25, 0.3) is 0 Å². The van der Waals surface area contributed by atoms with Crippen molar-refractivity contribution in [2.45, 2.75) is 25.8 Å². The van der Waals surface area contributed by atoms with Gasteiger partial charge < -0.3 is 10.4 Å². The van der Waals surface area contributed by atoms with Crippen LogP contribution in [0.4, 0.5) is 5.69 Å². The third-order valence-corrected chi connectivity index (χ3v) is 4.12. The molecule has 19 heavy (non-hydrogen) atoms. The van der Waals surface area contributed by atoms with E-state index in [1.54, 1.807) is 6.07 Å². The largest absolute Gasteiger partial charge is 0.508 e. The monoisotopic (exact) mass is 273 g/mol. The number of rotatable bonds is 2. The van der Waals surface area contributed by atoms with E-state index in [4.69, 9.17) is 11.6 Å². The second-order valence-corrected chi connectivity index (χ2v) is 5.49. The zero-order valence-electron chi connectivity index (χ0n) is 10.8. The van der Waals surface area contributed by atoms with E-state index in [0.29, 0.717) is 11.8 Å². The molecule has 1 unspecified atom stereocenters. The van der Waals surface area contributed by atoms with Crippen molar-refractivity contribution in [3.8, 4) is 5.75 Å². The van der Waals surface area contributed by atoms with E-state index >= 15 is 0 Å². The van der Waals surface area contributed by atoms with Gasteiger partial charge in [-0.3, -0.25) is 0 Å². The van der Waals surface area contributed by atoms with Gasteiger partial charge in [0, 0.05) is 10.7 Å². The summed E-state index contributed by atoms with van der Waals surface area (Å²) in [6.07, 6.45) is 2.05. The zero-order chi connectivity index (χ0) is 13.4. The first-order valence-electron chi connectivity index (χ1n) is 6.48. The van der Waals surface area contributed by atoms with Crippen molar-refractivity contribution in [2.75, 3.05) is 5.32 Å². The number of phenols is 1. The number of phenolic OH excluding ortho intramolecular Hbond substituents is 1. The van der Waals surface area contributed by atoms with E-state index in [1.165, 1.54) is 11.1 Å². The van der Waals surface area contributed by atoms with Crippen molar-refractivity contribution in [3.05, 3.63) is 58.1 Å². The van der Waals surface area contributed by atoms with Crippen LogP contribution < -0.4 is 5.32 Å². The Morgan fingerprint density at radius 3 is 2.84 bits per heavy atom. The molecule has 0 heterocycles. The van der Waals surface area contributed by atoms with Gasteiger partial charge in [0.1, 0.15) is 5.75 Å². The Morgan fingerprint density at radius 1 is 1.21 bits per heavy atom. The van der Waals surface area contributed by atoms with Crippen molar-refractivity contribution in [1.82, 2.24) is 0 Å². The summed E-state index contributed by atoms with van der Waals surface area (Å²) in [5.74, 6) is 0.345. The fourth-order valence-electron chi connectivity index (χ4n) is 2.64. The molecule has 2 N–H and O–H groups in total. The first-order chi connectivity index (χ1) is 9.13. The summed E-state index contributed by atoms with van der Waals surface area (Å²) in [6.45, 7) is 2.00. The number of fused-ring (bicyclic) bond motifs is 1. The fourth-order valence-corrected chi connectivity index (χ4v) is 2.82. The molecular formula is C16H16ClNO. The maximum absolute atomic E-state index is 9.50. The molecule has 3 rings (SSSR count). The van der Waals surface area contributed by atoms with E-state index in [-0.39, 0.29) is 0 Å². The van der Waals surface area contributed by atoms with Crippen LogP contribution in [0.1, 0.15) is 29.2 Å². The van der Waals surface area contributed by atoms with Gasteiger partial charge in [0.2, 0.25) is 0 Å². The van der Waals surface area contributed by atoms with Crippen LogP contribution in [-0.4, -0.2) is 5.11 Å². The van der Waals surface area contributed by atoms with E-state index in [0.717, 1.165) is 29.1 Å². The van der Waals surface area contributed by atoms with Crippen LogP contribution in [0, 0.1) is 6.92 Å². The molecule has 1 atom stereocenters. The molecule has 0 fully saturated rings. The van der Waals surface area contributed by atoms with Crippen molar-refractivity contribution >= 4 is 17.3 Å². The lowest BCUT2D eigenvalue weighted by atomic mass is 10.1. The maximum Gasteiger partial charge on any atom is 0.115 e. The van der Waals surface area contributed by atoms with Gasteiger partial charge in [-0.2, -0.15) is 0 Å². The molecule has 98 valence electrons. The Balaban J connectivity index is 1.84. The average molecular weight is 274 g/mol. The molecule has 0 saturated carbocycles. The minimum Gasteiger partial charge on any atom is -0.508 e. The Morgan fingerprint density at radius 2 is 2.05 bits per heavy atom. The topological polar surface area (TPSA) is 32.3 Å². The molecular weight excluding hydrogens is 258 g/mol. The van der Waals surface area contributed by atoms with Crippen molar-refractivity contribution in [1.29, 1.82) is 0 Å². The normalized spacial score (nSPS) is 17.3. The number of aryl methyl sites for hydroxylation is 2. The van der Waals surface area contributed by atoms with Gasteiger partial charge in [0.25, 0.3) is 0 Å². The quantitative estimate of drug-likeness (QED) is 0.847. The van der Waals surface area contributed by atoms with Gasteiger partial charge in [0.05, 0.1) is 6.04 Å². The van der Waals surface area contributed by atoms with Crippen LogP contribution in [0.5, 0.6) is 5.75 Å². The van der Waals surface area contributed by atoms with E-state index < -0.39 is 0 Å². The minimum absolute atomic E-state index is 0.300. The lowest BCUT2D eigenvalue weighted by Crippen LogP contribution is -2.06. The van der Waals surface area contributed by atoms with Gasteiger partial charge in [-0.15, -0.1) is 0 Å². The van der Waals surface area contributed by atoms with Gasteiger partial charge >= 0.3 is 0 Å². The summed E-state index contributed by atoms with van der Waals surface area (Å²) < 4.78 is 0. The maximum atomic E-state index is 9.50. The van der Waals surface area contributed by atoms with Gasteiger partial charge in [0.15, 0.2) is 0 Å². The smallest absolute Gasteiger partial charge is 0.115 e. The second kappa shape index (κ2) is 4.78. The number of halogens is 1. The Kier molecular flexibility index (Phi) is 3.11. The molecule has 1 aliphatic rings. The molecule has 0 amide bonds. The SMILES string of the molecule is Cc1ccc(NC2CCc3cc(O)ccc32)cc1Cl. The molecule has 0 saturated heterocycles. The number of anilines is 1. The fraction of sp³-hybridized carbons (Fsp3) is 0.250. The third-order valence-electron chi connectivity index (χ3n) is 3.72. The summed E-state index contributed by atoms with van der Waals surface area (Å²) in [5, 5.41) is 13.8. The highest BCUT2D eigenvalue weighted by Gasteiger charge is 2.22. The molecule has 1 aliphatic carbocycles. The van der Waals surface area contributed by atoms with Crippen LogP contribution >= 0.6 is 11.6 Å². The molecule has 0 bridgehead atoms. The summed E-state index contributed by atoms with van der Waals surface area (Å²) in [4.78, 5) is 0. The number of hydrogen-bond donors (Lipinski definition) is 2. The van der Waals surface area contributed by atoms with E-state index in [2.05, 4.69) is 11.4 Å². The van der Waals surface area contributed by atoms with Crippen LogP contribution in [-0.2, 0) is 6.42 Å². The number of benzene rings is 2. The van der Waals surface area contributed by atoms with Crippen LogP contribution in [0.15, 0.2) is 36.4 Å². The van der Waals surface area contributed by atoms with E-state index in [9.17, 15) is 5.11 Å². The first kappa shape index (κ1) is 12.4. The van der Waals surface area contributed by atoms with Gasteiger partial charge in [-0.25, -0.2) is 0 Å². The number of nitrogens with one attached hydrogen (secondary N) is 1. The lowest BCUT2D eigenvalue weighted by molar-refractivity contribution is 0.474. The highest BCUT2D eigenvalue weighted by atomic mass is 35.5. The second-order valence-electron chi connectivity index (χ2n) is 5.08. The summed E-state index contributed by atoms with van der Waals surface area (Å²) in [7, 11) is 0. The van der Waals surface area contributed by atoms with Crippen LogP contribution in [0.3, 0.4) is 0 Å². The molecule has 2 nitrogen and oxygen atoms in total. The van der Waals surface area contributed by atoms with Crippen molar-refractivity contribution in [3.63, 3.8) is 0 Å². The molecule has 0 radical (unpaired) electrons. The van der Waals surface area contributed by atoms with Crippen molar-refractivity contribution < 1.29 is 5.11 Å². The first-order valence-corrected chi connectivity index (χ1v) is 6.86. The van der Waals surface area contributed by atoms with Crippen LogP contribution in [0.2, 0.25) is 5.02 Å². The molecule has 2 aromatic carbocycles. The van der Waals surface area contributed by atoms with Crippen molar-refractivity contribution in [2.24, 2.45) is 0 Å². The predicted octanol–water partition coefficient (Wildman–Crippen LogP) is 4.45. The molecule has 0 aliphatic heterocycles. The molecule has 3 heteroatoms. The predicted molar refractivity (Wildman–Crippen MR) is 79.0 cm³/mol. The number of aromatic hydroxyl groups is 1. The summed E-state index contributed by atoms with van der Waals surface area (Å²) >= 11 is 6.15. The highest BCUT2D eigenvalue weighted by molar-refractivity contribution is 6.31. The highest BCUT2D eigenvalue weighted by Crippen LogP contribution is 2.36. The Bertz CT molecular complexity index is 624.